The Kier molecular flexibility index (Phi) is 4.10. The summed E-state index contributed by atoms with van der Waals surface area (Å²) in [6, 6.07) is 8.84. The monoisotopic (exact) mass is 247 g/mol. The van der Waals surface area contributed by atoms with Gasteiger partial charge in [-0.3, -0.25) is 4.68 Å². The van der Waals surface area contributed by atoms with Crippen molar-refractivity contribution in [3.05, 3.63) is 53.6 Å². The van der Waals surface area contributed by atoms with E-state index in [1.165, 1.54) is 6.07 Å². The Morgan fingerprint density at radius 1 is 1.28 bits per heavy atom. The van der Waals surface area contributed by atoms with Gasteiger partial charge in [0.25, 0.3) is 0 Å². The molecule has 1 aromatic heterocycles. The molecule has 3 nitrogen and oxygen atoms in total. The van der Waals surface area contributed by atoms with Crippen molar-refractivity contribution in [1.29, 1.82) is 0 Å². The molecule has 1 unspecified atom stereocenters. The number of hydrogen-bond donors (Lipinski definition) is 1. The molecule has 0 aliphatic heterocycles. The number of benzene rings is 1. The van der Waals surface area contributed by atoms with Crippen LogP contribution in [0.5, 0.6) is 0 Å². The lowest BCUT2D eigenvalue weighted by Crippen LogP contribution is -2.20. The van der Waals surface area contributed by atoms with Crippen molar-refractivity contribution in [2.75, 3.05) is 6.54 Å². The summed E-state index contributed by atoms with van der Waals surface area (Å²) in [5.41, 5.74) is 7.50. The van der Waals surface area contributed by atoms with Crippen LogP contribution in [0, 0.1) is 11.7 Å². The third kappa shape index (κ3) is 3.17. The smallest absolute Gasteiger partial charge is 0.126 e. The topological polar surface area (TPSA) is 43.8 Å². The van der Waals surface area contributed by atoms with Gasteiger partial charge in [-0.05, 0) is 43.0 Å². The molecule has 96 valence electrons. The first-order valence-electron chi connectivity index (χ1n) is 6.11. The average molecular weight is 247 g/mol. The molecule has 2 aromatic rings. The minimum absolute atomic E-state index is 0.156. The highest BCUT2D eigenvalue weighted by atomic mass is 19.1. The molecule has 0 aliphatic rings. The molecule has 1 atom stereocenters. The van der Waals surface area contributed by atoms with Gasteiger partial charge in [0.1, 0.15) is 5.82 Å². The van der Waals surface area contributed by atoms with Gasteiger partial charge in [-0.1, -0.05) is 18.2 Å². The van der Waals surface area contributed by atoms with E-state index in [0.717, 1.165) is 17.7 Å². The van der Waals surface area contributed by atoms with E-state index < -0.39 is 0 Å². The minimum Gasteiger partial charge on any atom is -0.330 e. The van der Waals surface area contributed by atoms with Crippen LogP contribution in [-0.4, -0.2) is 16.3 Å². The van der Waals surface area contributed by atoms with Crippen molar-refractivity contribution >= 4 is 0 Å². The Hall–Kier alpha value is -1.68. The van der Waals surface area contributed by atoms with Gasteiger partial charge in [0.15, 0.2) is 0 Å². The van der Waals surface area contributed by atoms with Crippen molar-refractivity contribution in [1.82, 2.24) is 9.78 Å². The number of nitrogens with two attached hydrogens (primary N) is 1. The van der Waals surface area contributed by atoms with E-state index in [2.05, 4.69) is 5.10 Å². The Balaban J connectivity index is 2.04. The molecule has 2 N–H and O–H groups in total. The normalized spacial score (nSPS) is 12.6. The third-order valence-electron chi connectivity index (χ3n) is 3.07. The van der Waals surface area contributed by atoms with Gasteiger partial charge in [-0.15, -0.1) is 0 Å². The van der Waals surface area contributed by atoms with Crippen LogP contribution in [-0.2, 0) is 19.9 Å². The lowest BCUT2D eigenvalue weighted by atomic mass is 9.94. The summed E-state index contributed by atoms with van der Waals surface area (Å²) in [6.07, 6.45) is 3.34. The lowest BCUT2D eigenvalue weighted by Gasteiger charge is -2.13. The van der Waals surface area contributed by atoms with E-state index in [1.54, 1.807) is 10.7 Å². The molecule has 0 radical (unpaired) electrons. The van der Waals surface area contributed by atoms with E-state index in [-0.39, 0.29) is 11.7 Å². The van der Waals surface area contributed by atoms with Crippen molar-refractivity contribution < 1.29 is 4.39 Å². The van der Waals surface area contributed by atoms with Crippen molar-refractivity contribution in [3.63, 3.8) is 0 Å². The van der Waals surface area contributed by atoms with Crippen molar-refractivity contribution in [3.8, 4) is 0 Å². The molecule has 0 amide bonds. The number of hydrogen-bond acceptors (Lipinski definition) is 2. The maximum atomic E-state index is 13.6. The predicted molar refractivity (Wildman–Crippen MR) is 69.6 cm³/mol. The molecular formula is C14H18FN3. The fourth-order valence-corrected chi connectivity index (χ4v) is 2.08. The zero-order valence-corrected chi connectivity index (χ0v) is 10.5. The highest BCUT2D eigenvalue weighted by Gasteiger charge is 2.12. The SMILES string of the molecule is Cn1ccc(CC(CN)Cc2ccccc2F)n1. The first-order chi connectivity index (χ1) is 8.69. The van der Waals surface area contributed by atoms with Gasteiger partial charge >= 0.3 is 0 Å². The maximum absolute atomic E-state index is 13.6. The van der Waals surface area contributed by atoms with Crippen LogP contribution >= 0.6 is 0 Å². The minimum atomic E-state index is -0.156. The van der Waals surface area contributed by atoms with Crippen LogP contribution in [0.3, 0.4) is 0 Å². The highest BCUT2D eigenvalue weighted by Crippen LogP contribution is 2.15. The summed E-state index contributed by atoms with van der Waals surface area (Å²) in [6.45, 7) is 0.533. The average Bonchev–Trinajstić information content (AvgIpc) is 2.76. The highest BCUT2D eigenvalue weighted by molar-refractivity contribution is 5.18. The maximum Gasteiger partial charge on any atom is 0.126 e. The van der Waals surface area contributed by atoms with Gasteiger partial charge in [0.05, 0.1) is 5.69 Å². The van der Waals surface area contributed by atoms with Gasteiger partial charge < -0.3 is 5.73 Å². The van der Waals surface area contributed by atoms with E-state index in [1.807, 2.05) is 31.4 Å². The second-order valence-electron chi connectivity index (χ2n) is 4.58. The molecule has 1 heterocycles. The quantitative estimate of drug-likeness (QED) is 0.877. The Labute approximate surface area is 106 Å². The fourth-order valence-electron chi connectivity index (χ4n) is 2.08. The van der Waals surface area contributed by atoms with E-state index in [4.69, 9.17) is 5.73 Å². The zero-order valence-electron chi connectivity index (χ0n) is 10.5. The first kappa shape index (κ1) is 12.8. The molecule has 18 heavy (non-hydrogen) atoms. The van der Waals surface area contributed by atoms with Crippen LogP contribution < -0.4 is 5.73 Å². The number of rotatable bonds is 5. The zero-order chi connectivity index (χ0) is 13.0. The number of halogens is 1. The molecule has 0 spiro atoms. The summed E-state index contributed by atoms with van der Waals surface area (Å²) in [5, 5.41) is 4.33. The van der Waals surface area contributed by atoms with Gasteiger partial charge in [-0.2, -0.15) is 5.10 Å². The number of aryl methyl sites for hydroxylation is 1. The van der Waals surface area contributed by atoms with Crippen LogP contribution in [0.25, 0.3) is 0 Å². The molecule has 0 saturated heterocycles. The molecule has 0 aliphatic carbocycles. The first-order valence-corrected chi connectivity index (χ1v) is 6.11. The number of nitrogens with zero attached hydrogens (tertiary/aromatic N) is 2. The molecular weight excluding hydrogens is 229 g/mol. The fraction of sp³-hybridized carbons (Fsp3) is 0.357. The summed E-state index contributed by atoms with van der Waals surface area (Å²) in [7, 11) is 1.89. The summed E-state index contributed by atoms with van der Waals surface area (Å²) < 4.78 is 15.3. The summed E-state index contributed by atoms with van der Waals surface area (Å²) >= 11 is 0. The standard InChI is InChI=1S/C14H18FN3/c1-18-7-6-13(17-18)9-11(10-16)8-12-4-2-3-5-14(12)15/h2-7,11H,8-10,16H2,1H3. The van der Waals surface area contributed by atoms with Gasteiger partial charge in [0.2, 0.25) is 0 Å². The summed E-state index contributed by atoms with van der Waals surface area (Å²) in [4.78, 5) is 0. The van der Waals surface area contributed by atoms with Gasteiger partial charge in [-0.25, -0.2) is 4.39 Å². The largest absolute Gasteiger partial charge is 0.330 e. The van der Waals surface area contributed by atoms with Crippen molar-refractivity contribution in [2.24, 2.45) is 18.7 Å². The van der Waals surface area contributed by atoms with Crippen LogP contribution in [0.15, 0.2) is 36.5 Å². The molecule has 4 heteroatoms. The van der Waals surface area contributed by atoms with E-state index in [9.17, 15) is 4.39 Å². The molecule has 0 fully saturated rings. The van der Waals surface area contributed by atoms with E-state index >= 15 is 0 Å². The second kappa shape index (κ2) is 5.78. The van der Waals surface area contributed by atoms with Gasteiger partial charge in [0, 0.05) is 13.2 Å². The second-order valence-corrected chi connectivity index (χ2v) is 4.58. The molecule has 2 rings (SSSR count). The Morgan fingerprint density at radius 3 is 2.67 bits per heavy atom. The Morgan fingerprint density at radius 2 is 2.06 bits per heavy atom. The van der Waals surface area contributed by atoms with Crippen LogP contribution in [0.2, 0.25) is 0 Å². The third-order valence-corrected chi connectivity index (χ3v) is 3.07. The van der Waals surface area contributed by atoms with E-state index in [0.29, 0.717) is 13.0 Å². The van der Waals surface area contributed by atoms with Crippen LogP contribution in [0.1, 0.15) is 11.3 Å². The molecule has 0 bridgehead atoms. The van der Waals surface area contributed by atoms with Crippen LogP contribution in [0.4, 0.5) is 4.39 Å². The molecule has 0 saturated carbocycles. The predicted octanol–water partition coefficient (Wildman–Crippen LogP) is 1.92. The lowest BCUT2D eigenvalue weighted by molar-refractivity contribution is 0.504. The summed E-state index contributed by atoms with van der Waals surface area (Å²) in [5.74, 6) is 0.0637. The molecule has 1 aromatic carbocycles. The number of aromatic nitrogens is 2. The van der Waals surface area contributed by atoms with Crippen molar-refractivity contribution in [2.45, 2.75) is 12.8 Å². The Bertz CT molecular complexity index is 507.